The molecule has 4 heterocycles. The van der Waals surface area contributed by atoms with E-state index in [0.717, 1.165) is 35.2 Å². The molecule has 0 aliphatic carbocycles. The van der Waals surface area contributed by atoms with Gasteiger partial charge in [-0.2, -0.15) is 18.3 Å². The zero-order chi connectivity index (χ0) is 24.4. The number of nitrogens with zero attached hydrogens (tertiary/aromatic N) is 5. The minimum Gasteiger partial charge on any atom is -0.285 e. The molecule has 172 valence electrons. The third-order valence-corrected chi connectivity index (χ3v) is 6.46. The Bertz CT molecular complexity index is 1680. The van der Waals surface area contributed by atoms with E-state index in [9.17, 15) is 22.4 Å². The van der Waals surface area contributed by atoms with Gasteiger partial charge in [0.2, 0.25) is 5.43 Å². The average Bonchev–Trinajstić information content (AvgIpc) is 3.18. The molecule has 1 aromatic carbocycles. The number of aromatic nitrogens is 5. The van der Waals surface area contributed by atoms with Crippen LogP contribution in [0.15, 0.2) is 41.3 Å². The molecule has 0 radical (unpaired) electrons. The van der Waals surface area contributed by atoms with Crippen LogP contribution in [0.3, 0.4) is 0 Å². The molecule has 0 bridgehead atoms. The first kappa shape index (κ1) is 22.4. The first-order valence-corrected chi connectivity index (χ1v) is 10.9. The number of halogens is 5. The highest BCUT2D eigenvalue weighted by atomic mass is 35.5. The maximum absolute atomic E-state index is 14.8. The van der Waals surface area contributed by atoms with Gasteiger partial charge in [0.25, 0.3) is 0 Å². The molecule has 34 heavy (non-hydrogen) atoms. The molecule has 0 fully saturated rings. The van der Waals surface area contributed by atoms with Crippen molar-refractivity contribution >= 4 is 44.2 Å². The standard InChI is InChI=1S/C22H12ClF4N5OS/c1-9-5-15-18(29-10(9)2)20(33)19(31-32(15)14-4-3-11(23)6-12(14)24)21-30-13-7-17(22(25,26)27)28-8-16(13)34-21/h3-8H,1-2H3. The van der Waals surface area contributed by atoms with Crippen LogP contribution >= 0.6 is 22.9 Å². The van der Waals surface area contributed by atoms with E-state index in [2.05, 4.69) is 20.1 Å². The molecule has 0 aliphatic rings. The summed E-state index contributed by atoms with van der Waals surface area (Å²) in [4.78, 5) is 25.4. The van der Waals surface area contributed by atoms with Gasteiger partial charge in [-0.1, -0.05) is 11.6 Å². The molecule has 0 spiro atoms. The Kier molecular flexibility index (Phi) is 5.14. The van der Waals surface area contributed by atoms with Gasteiger partial charge in [0.15, 0.2) is 5.69 Å². The van der Waals surface area contributed by atoms with Crippen molar-refractivity contribution in [1.29, 1.82) is 0 Å². The van der Waals surface area contributed by atoms with Crippen molar-refractivity contribution in [2.24, 2.45) is 0 Å². The molecule has 0 amide bonds. The van der Waals surface area contributed by atoms with Crippen molar-refractivity contribution in [3.63, 3.8) is 0 Å². The zero-order valence-corrected chi connectivity index (χ0v) is 19.0. The number of benzene rings is 1. The van der Waals surface area contributed by atoms with Crippen LogP contribution in [0.1, 0.15) is 17.0 Å². The van der Waals surface area contributed by atoms with E-state index < -0.39 is 23.1 Å². The third kappa shape index (κ3) is 3.70. The van der Waals surface area contributed by atoms with Crippen LogP contribution in [-0.2, 0) is 6.18 Å². The summed E-state index contributed by atoms with van der Waals surface area (Å²) >= 11 is 6.84. The van der Waals surface area contributed by atoms with E-state index in [4.69, 9.17) is 11.6 Å². The molecule has 12 heteroatoms. The Morgan fingerprint density at radius 3 is 2.56 bits per heavy atom. The van der Waals surface area contributed by atoms with Gasteiger partial charge in [0, 0.05) is 16.9 Å². The summed E-state index contributed by atoms with van der Waals surface area (Å²) in [5, 5.41) is 4.59. The SMILES string of the molecule is Cc1cc2c(nc1C)c(=O)c(-c1nc3cc(C(F)(F)F)ncc3s1)nn2-c1ccc(Cl)cc1F. The predicted octanol–water partition coefficient (Wildman–Crippen LogP) is 5.88. The molecular formula is C22H12ClF4N5OS. The summed E-state index contributed by atoms with van der Waals surface area (Å²) in [5.74, 6) is -0.683. The molecule has 0 saturated carbocycles. The van der Waals surface area contributed by atoms with Gasteiger partial charge in [-0.15, -0.1) is 11.3 Å². The fourth-order valence-electron chi connectivity index (χ4n) is 3.40. The van der Waals surface area contributed by atoms with Crippen LogP contribution in [0.4, 0.5) is 17.6 Å². The summed E-state index contributed by atoms with van der Waals surface area (Å²) in [5.41, 5.74) is -0.181. The highest BCUT2D eigenvalue weighted by Crippen LogP contribution is 2.33. The lowest BCUT2D eigenvalue weighted by atomic mass is 10.2. The van der Waals surface area contributed by atoms with Gasteiger partial charge in [0.05, 0.1) is 15.7 Å². The molecule has 6 nitrogen and oxygen atoms in total. The largest absolute Gasteiger partial charge is 0.433 e. The minimum atomic E-state index is -4.64. The molecule has 0 N–H and O–H groups in total. The molecule has 5 aromatic rings. The second kappa shape index (κ2) is 7.81. The number of aryl methyl sites for hydroxylation is 2. The number of alkyl halides is 3. The van der Waals surface area contributed by atoms with Crippen molar-refractivity contribution in [3.05, 3.63) is 74.5 Å². The Labute approximate surface area is 197 Å². The second-order valence-corrected chi connectivity index (χ2v) is 8.96. The summed E-state index contributed by atoms with van der Waals surface area (Å²) < 4.78 is 55.6. The van der Waals surface area contributed by atoms with E-state index >= 15 is 0 Å². The van der Waals surface area contributed by atoms with Crippen LogP contribution in [0, 0.1) is 19.7 Å². The lowest BCUT2D eigenvalue weighted by Crippen LogP contribution is -2.18. The van der Waals surface area contributed by atoms with Crippen molar-refractivity contribution in [3.8, 4) is 16.4 Å². The maximum Gasteiger partial charge on any atom is 0.433 e. The van der Waals surface area contributed by atoms with Gasteiger partial charge in [-0.05, 0) is 49.7 Å². The molecule has 5 rings (SSSR count). The Morgan fingerprint density at radius 2 is 1.85 bits per heavy atom. The maximum atomic E-state index is 14.8. The normalized spacial score (nSPS) is 12.1. The summed E-state index contributed by atoms with van der Waals surface area (Å²) in [6, 6.07) is 6.47. The fourth-order valence-corrected chi connectivity index (χ4v) is 4.45. The van der Waals surface area contributed by atoms with E-state index in [1.54, 1.807) is 19.9 Å². The Balaban J connectivity index is 1.82. The number of rotatable bonds is 2. The van der Waals surface area contributed by atoms with Crippen molar-refractivity contribution in [2.45, 2.75) is 20.0 Å². The molecular weight excluding hydrogens is 494 g/mol. The van der Waals surface area contributed by atoms with E-state index in [1.807, 2.05) is 0 Å². The number of hydrogen-bond acceptors (Lipinski definition) is 6. The lowest BCUT2D eigenvalue weighted by molar-refractivity contribution is -0.141. The highest BCUT2D eigenvalue weighted by Gasteiger charge is 2.33. The third-order valence-electron chi connectivity index (χ3n) is 5.21. The van der Waals surface area contributed by atoms with Gasteiger partial charge in [-0.3, -0.25) is 9.78 Å². The van der Waals surface area contributed by atoms with Gasteiger partial charge in [0.1, 0.15) is 27.7 Å². The molecule has 0 unspecified atom stereocenters. The Hall–Kier alpha value is -3.44. The fraction of sp³-hybridized carbons (Fsp3) is 0.136. The molecule has 0 aliphatic heterocycles. The summed E-state index contributed by atoms with van der Waals surface area (Å²) in [6.45, 7) is 3.52. The molecule has 4 aromatic heterocycles. The Morgan fingerprint density at radius 1 is 1.09 bits per heavy atom. The van der Waals surface area contributed by atoms with Crippen LogP contribution < -0.4 is 5.43 Å². The summed E-state index contributed by atoms with van der Waals surface area (Å²) in [7, 11) is 0. The van der Waals surface area contributed by atoms with Crippen LogP contribution in [0.2, 0.25) is 5.02 Å². The van der Waals surface area contributed by atoms with Crippen molar-refractivity contribution < 1.29 is 17.6 Å². The summed E-state index contributed by atoms with van der Waals surface area (Å²) in [6.07, 6.45) is -3.60. The van der Waals surface area contributed by atoms with Crippen LogP contribution in [-0.4, -0.2) is 24.7 Å². The number of pyridine rings is 2. The zero-order valence-electron chi connectivity index (χ0n) is 17.4. The first-order chi connectivity index (χ1) is 16.0. The minimum absolute atomic E-state index is 0.0147. The average molecular weight is 506 g/mol. The van der Waals surface area contributed by atoms with E-state index in [0.29, 0.717) is 10.4 Å². The highest BCUT2D eigenvalue weighted by molar-refractivity contribution is 7.21. The van der Waals surface area contributed by atoms with E-state index in [-0.39, 0.29) is 38.0 Å². The van der Waals surface area contributed by atoms with Gasteiger partial charge < -0.3 is 0 Å². The molecule has 0 saturated heterocycles. The number of hydrogen-bond donors (Lipinski definition) is 0. The topological polar surface area (TPSA) is 73.6 Å². The van der Waals surface area contributed by atoms with Crippen LogP contribution in [0.5, 0.6) is 0 Å². The van der Waals surface area contributed by atoms with Gasteiger partial charge in [-0.25, -0.2) is 19.0 Å². The van der Waals surface area contributed by atoms with Crippen molar-refractivity contribution in [2.75, 3.05) is 0 Å². The number of fused-ring (bicyclic) bond motifs is 2. The van der Waals surface area contributed by atoms with Crippen LogP contribution in [0.25, 0.3) is 37.6 Å². The predicted molar refractivity (Wildman–Crippen MR) is 121 cm³/mol. The lowest BCUT2D eigenvalue weighted by Gasteiger charge is -2.13. The monoisotopic (exact) mass is 505 g/mol. The quantitative estimate of drug-likeness (QED) is 0.280. The molecule has 0 atom stereocenters. The first-order valence-electron chi connectivity index (χ1n) is 9.74. The second-order valence-electron chi connectivity index (χ2n) is 7.50. The van der Waals surface area contributed by atoms with E-state index in [1.165, 1.54) is 16.8 Å². The van der Waals surface area contributed by atoms with Gasteiger partial charge >= 0.3 is 6.18 Å². The smallest absolute Gasteiger partial charge is 0.285 e. The van der Waals surface area contributed by atoms with Crippen molar-refractivity contribution in [1.82, 2.24) is 24.7 Å². The number of thiazole rings is 1.